The zero-order valence-electron chi connectivity index (χ0n) is 11.3. The summed E-state index contributed by atoms with van der Waals surface area (Å²) in [6, 6.07) is 18.3. The molecule has 0 amide bonds. The molecule has 3 heteroatoms. The average Bonchev–Trinajstić information content (AvgIpc) is 2.49. The molecule has 0 heterocycles. The van der Waals surface area contributed by atoms with Gasteiger partial charge in [0.2, 0.25) is 0 Å². The van der Waals surface area contributed by atoms with Crippen LogP contribution in [0.15, 0.2) is 54.6 Å². The lowest BCUT2D eigenvalue weighted by molar-refractivity contribution is 0.0938. The molecule has 2 rings (SSSR count). The third kappa shape index (κ3) is 5.28. The number of rotatable bonds is 7. The first-order valence-electron chi connectivity index (χ1n) is 6.70. The second-order valence-corrected chi connectivity index (χ2v) is 5.94. The molecule has 0 aliphatic heterocycles. The molecule has 2 aromatic rings. The van der Waals surface area contributed by atoms with E-state index in [-0.39, 0.29) is 0 Å². The number of hydrogen-bond donors (Lipinski definition) is 0. The van der Waals surface area contributed by atoms with Crippen molar-refractivity contribution in [1.29, 1.82) is 0 Å². The first-order chi connectivity index (χ1) is 9.78. The molecule has 0 fully saturated rings. The summed E-state index contributed by atoms with van der Waals surface area (Å²) in [5.41, 5.74) is 2.51. The van der Waals surface area contributed by atoms with Crippen LogP contribution in [0.2, 0.25) is 5.02 Å². The van der Waals surface area contributed by atoms with Gasteiger partial charge in [-0.1, -0.05) is 70.0 Å². The second kappa shape index (κ2) is 8.46. The highest BCUT2D eigenvalue weighted by Crippen LogP contribution is 2.15. The molecule has 0 N–H and O–H groups in total. The Morgan fingerprint density at radius 2 is 1.65 bits per heavy atom. The van der Waals surface area contributed by atoms with E-state index in [1.807, 2.05) is 30.3 Å². The minimum absolute atomic E-state index is 0.472. The minimum Gasteiger partial charge on any atom is -0.376 e. The predicted octanol–water partition coefficient (Wildman–Crippen LogP) is 5.11. The van der Waals surface area contributed by atoms with Gasteiger partial charge < -0.3 is 4.74 Å². The van der Waals surface area contributed by atoms with E-state index in [1.165, 1.54) is 11.1 Å². The van der Waals surface area contributed by atoms with Crippen LogP contribution in [0.4, 0.5) is 0 Å². The fourth-order valence-corrected chi connectivity index (χ4v) is 2.57. The number of ether oxygens (including phenoxy) is 1. The van der Waals surface area contributed by atoms with Crippen LogP contribution in [0.1, 0.15) is 11.1 Å². The van der Waals surface area contributed by atoms with E-state index in [0.717, 1.165) is 23.4 Å². The summed E-state index contributed by atoms with van der Waals surface area (Å²) < 4.78 is 5.81. The summed E-state index contributed by atoms with van der Waals surface area (Å²) in [4.78, 5) is 0. The van der Waals surface area contributed by atoms with Gasteiger partial charge in [-0.3, -0.25) is 0 Å². The lowest BCUT2D eigenvalue weighted by atomic mass is 10.0. The molecule has 0 bridgehead atoms. The van der Waals surface area contributed by atoms with E-state index in [2.05, 4.69) is 40.2 Å². The summed E-state index contributed by atoms with van der Waals surface area (Å²) in [6.45, 7) is 1.42. The minimum atomic E-state index is 0.472. The van der Waals surface area contributed by atoms with Gasteiger partial charge in [0, 0.05) is 10.4 Å². The number of benzene rings is 2. The number of hydrogen-bond acceptors (Lipinski definition) is 1. The molecule has 0 saturated heterocycles. The van der Waals surface area contributed by atoms with Gasteiger partial charge in [-0.05, 0) is 35.6 Å². The van der Waals surface area contributed by atoms with Crippen LogP contribution in [0.5, 0.6) is 0 Å². The molecule has 0 aromatic heterocycles. The highest BCUT2D eigenvalue weighted by molar-refractivity contribution is 9.09. The predicted molar refractivity (Wildman–Crippen MR) is 88.5 cm³/mol. The van der Waals surface area contributed by atoms with E-state index in [4.69, 9.17) is 16.3 Å². The quantitative estimate of drug-likeness (QED) is 0.628. The van der Waals surface area contributed by atoms with Gasteiger partial charge in [0.1, 0.15) is 0 Å². The van der Waals surface area contributed by atoms with E-state index in [9.17, 15) is 0 Å². The monoisotopic (exact) mass is 352 g/mol. The Hall–Kier alpha value is -0.830. The molecule has 1 nitrogen and oxygen atoms in total. The van der Waals surface area contributed by atoms with Crippen molar-refractivity contribution in [2.45, 2.75) is 13.0 Å². The lowest BCUT2D eigenvalue weighted by Gasteiger charge is -2.14. The van der Waals surface area contributed by atoms with Crippen molar-refractivity contribution in [3.63, 3.8) is 0 Å². The molecule has 1 unspecified atom stereocenters. The Kier molecular flexibility index (Phi) is 6.58. The van der Waals surface area contributed by atoms with Crippen molar-refractivity contribution in [3.05, 3.63) is 70.7 Å². The normalized spacial score (nSPS) is 12.3. The Balaban J connectivity index is 1.79. The molecular formula is C17H18BrClO. The van der Waals surface area contributed by atoms with Gasteiger partial charge in [0.15, 0.2) is 0 Å². The maximum atomic E-state index is 5.90. The summed E-state index contributed by atoms with van der Waals surface area (Å²) in [6.07, 6.45) is 0.997. The van der Waals surface area contributed by atoms with Crippen molar-refractivity contribution in [3.8, 4) is 0 Å². The van der Waals surface area contributed by atoms with Gasteiger partial charge >= 0.3 is 0 Å². The molecule has 0 spiro atoms. The number of alkyl halides is 1. The largest absolute Gasteiger partial charge is 0.376 e. The molecule has 106 valence electrons. The third-order valence-corrected chi connectivity index (χ3v) is 4.29. The van der Waals surface area contributed by atoms with Gasteiger partial charge in [0.25, 0.3) is 0 Å². The molecule has 0 aliphatic carbocycles. The zero-order valence-corrected chi connectivity index (χ0v) is 13.6. The Bertz CT molecular complexity index is 498. The van der Waals surface area contributed by atoms with E-state index in [0.29, 0.717) is 12.5 Å². The van der Waals surface area contributed by atoms with E-state index >= 15 is 0 Å². The topological polar surface area (TPSA) is 9.23 Å². The fraction of sp³-hybridized carbons (Fsp3) is 0.294. The SMILES string of the molecule is Clc1ccc(CC(CBr)COCc2ccccc2)cc1. The summed E-state index contributed by atoms with van der Waals surface area (Å²) in [5.74, 6) is 0.472. The summed E-state index contributed by atoms with van der Waals surface area (Å²) in [5, 5.41) is 1.72. The van der Waals surface area contributed by atoms with Crippen LogP contribution < -0.4 is 0 Å². The maximum absolute atomic E-state index is 5.90. The average molecular weight is 354 g/mol. The standard InChI is InChI=1S/C17H18BrClO/c18-11-16(10-14-6-8-17(19)9-7-14)13-20-12-15-4-2-1-3-5-15/h1-9,16H,10-13H2. The molecule has 20 heavy (non-hydrogen) atoms. The van der Waals surface area contributed by atoms with Crippen LogP contribution in [0.25, 0.3) is 0 Å². The van der Waals surface area contributed by atoms with Gasteiger partial charge in [-0.15, -0.1) is 0 Å². The molecule has 0 radical (unpaired) electrons. The first-order valence-corrected chi connectivity index (χ1v) is 8.20. The van der Waals surface area contributed by atoms with Crippen LogP contribution in [-0.2, 0) is 17.8 Å². The van der Waals surface area contributed by atoms with Crippen molar-refractivity contribution in [2.24, 2.45) is 5.92 Å². The number of halogens is 2. The molecular weight excluding hydrogens is 336 g/mol. The first kappa shape index (κ1) is 15.6. The van der Waals surface area contributed by atoms with Gasteiger partial charge in [-0.2, -0.15) is 0 Å². The highest BCUT2D eigenvalue weighted by Gasteiger charge is 2.09. The smallest absolute Gasteiger partial charge is 0.0717 e. The lowest BCUT2D eigenvalue weighted by Crippen LogP contribution is -2.14. The van der Waals surface area contributed by atoms with Crippen LogP contribution in [0.3, 0.4) is 0 Å². The third-order valence-electron chi connectivity index (χ3n) is 3.12. The Labute approximate surface area is 134 Å². The fourth-order valence-electron chi connectivity index (χ4n) is 2.03. The molecule has 2 aromatic carbocycles. The Morgan fingerprint density at radius 1 is 0.950 bits per heavy atom. The van der Waals surface area contributed by atoms with E-state index < -0.39 is 0 Å². The van der Waals surface area contributed by atoms with Crippen LogP contribution in [0, 0.1) is 5.92 Å². The summed E-state index contributed by atoms with van der Waals surface area (Å²) in [7, 11) is 0. The molecule has 0 aliphatic rings. The molecule has 0 saturated carbocycles. The van der Waals surface area contributed by atoms with Crippen LogP contribution >= 0.6 is 27.5 Å². The molecule has 1 atom stereocenters. The van der Waals surface area contributed by atoms with Crippen molar-refractivity contribution in [1.82, 2.24) is 0 Å². The Morgan fingerprint density at radius 3 is 2.30 bits per heavy atom. The maximum Gasteiger partial charge on any atom is 0.0717 e. The van der Waals surface area contributed by atoms with Crippen molar-refractivity contribution >= 4 is 27.5 Å². The zero-order chi connectivity index (χ0) is 14.2. The van der Waals surface area contributed by atoms with Gasteiger partial charge in [0.05, 0.1) is 13.2 Å². The van der Waals surface area contributed by atoms with Crippen molar-refractivity contribution in [2.75, 3.05) is 11.9 Å². The summed E-state index contributed by atoms with van der Waals surface area (Å²) >= 11 is 9.47. The van der Waals surface area contributed by atoms with Crippen LogP contribution in [-0.4, -0.2) is 11.9 Å². The second-order valence-electron chi connectivity index (χ2n) is 4.85. The highest BCUT2D eigenvalue weighted by atomic mass is 79.9. The van der Waals surface area contributed by atoms with Crippen molar-refractivity contribution < 1.29 is 4.74 Å². The van der Waals surface area contributed by atoms with Gasteiger partial charge in [-0.25, -0.2) is 0 Å². The van der Waals surface area contributed by atoms with E-state index in [1.54, 1.807) is 0 Å².